The van der Waals surface area contributed by atoms with E-state index in [9.17, 15) is 9.59 Å². The lowest BCUT2D eigenvalue weighted by Gasteiger charge is -2.08. The minimum Gasteiger partial charge on any atom is -0.465 e. The molecular weight excluding hydrogens is 378 g/mol. The number of nitrogens with one attached hydrogen (secondary N) is 1. The molecule has 0 unspecified atom stereocenters. The highest BCUT2D eigenvalue weighted by atomic mass is 32.2. The Morgan fingerprint density at radius 2 is 1.96 bits per heavy atom. The van der Waals surface area contributed by atoms with Crippen LogP contribution in [-0.4, -0.2) is 44.9 Å². The molecule has 0 saturated heterocycles. The Labute approximate surface area is 166 Å². The summed E-state index contributed by atoms with van der Waals surface area (Å²) in [6, 6.07) is 12.5. The first-order valence-electron chi connectivity index (χ1n) is 8.45. The topological polar surface area (TPSA) is 99.0 Å². The van der Waals surface area contributed by atoms with Gasteiger partial charge in [-0.1, -0.05) is 23.9 Å². The third-order valence-corrected chi connectivity index (χ3v) is 5.00. The number of aryl methyl sites for hydroxylation is 2. The van der Waals surface area contributed by atoms with Crippen molar-refractivity contribution < 1.29 is 14.3 Å². The Balaban J connectivity index is 1.65. The van der Waals surface area contributed by atoms with Crippen LogP contribution >= 0.6 is 11.8 Å². The van der Waals surface area contributed by atoms with Gasteiger partial charge in [-0.2, -0.15) is 4.68 Å². The van der Waals surface area contributed by atoms with Crippen molar-refractivity contribution in [3.05, 3.63) is 59.2 Å². The number of esters is 1. The number of benzene rings is 2. The number of amides is 1. The van der Waals surface area contributed by atoms with Crippen LogP contribution in [0.5, 0.6) is 0 Å². The average molecular weight is 397 g/mol. The van der Waals surface area contributed by atoms with Gasteiger partial charge >= 0.3 is 5.97 Å². The van der Waals surface area contributed by atoms with Crippen molar-refractivity contribution in [1.82, 2.24) is 20.2 Å². The normalized spacial score (nSPS) is 10.5. The van der Waals surface area contributed by atoms with Gasteiger partial charge in [0, 0.05) is 5.69 Å². The fourth-order valence-electron chi connectivity index (χ4n) is 2.46. The van der Waals surface area contributed by atoms with Crippen molar-refractivity contribution in [2.24, 2.45) is 0 Å². The number of methoxy groups -OCH3 is 1. The fourth-order valence-corrected chi connectivity index (χ4v) is 3.15. The van der Waals surface area contributed by atoms with Crippen LogP contribution in [0, 0.1) is 13.8 Å². The molecule has 0 fully saturated rings. The molecule has 0 aliphatic carbocycles. The third-order valence-electron chi connectivity index (χ3n) is 4.08. The number of hydrogen-bond acceptors (Lipinski definition) is 7. The van der Waals surface area contributed by atoms with Crippen LogP contribution in [0.15, 0.2) is 47.6 Å². The van der Waals surface area contributed by atoms with Gasteiger partial charge in [0.15, 0.2) is 0 Å². The van der Waals surface area contributed by atoms with E-state index < -0.39 is 5.97 Å². The zero-order chi connectivity index (χ0) is 20.1. The summed E-state index contributed by atoms with van der Waals surface area (Å²) in [4.78, 5) is 23.9. The monoisotopic (exact) mass is 397 g/mol. The zero-order valence-electron chi connectivity index (χ0n) is 15.7. The minimum atomic E-state index is -0.460. The van der Waals surface area contributed by atoms with Crippen molar-refractivity contribution in [1.29, 1.82) is 0 Å². The molecule has 28 heavy (non-hydrogen) atoms. The molecule has 3 rings (SSSR count). The predicted octanol–water partition coefficient (Wildman–Crippen LogP) is 2.80. The molecule has 0 aliphatic rings. The van der Waals surface area contributed by atoms with Crippen LogP contribution in [0.25, 0.3) is 5.69 Å². The molecule has 8 nitrogen and oxygen atoms in total. The molecular formula is C19H19N5O3S. The summed E-state index contributed by atoms with van der Waals surface area (Å²) in [5, 5.41) is 15.0. The van der Waals surface area contributed by atoms with E-state index in [4.69, 9.17) is 0 Å². The molecule has 1 aromatic heterocycles. The lowest BCUT2D eigenvalue weighted by molar-refractivity contribution is -0.113. The van der Waals surface area contributed by atoms with Crippen molar-refractivity contribution in [2.45, 2.75) is 19.0 Å². The summed E-state index contributed by atoms with van der Waals surface area (Å²) in [6.45, 7) is 4.06. The largest absolute Gasteiger partial charge is 0.465 e. The molecule has 1 amide bonds. The van der Waals surface area contributed by atoms with E-state index in [1.165, 1.54) is 24.4 Å². The maximum atomic E-state index is 12.3. The molecule has 9 heteroatoms. The molecule has 0 bridgehead atoms. The first kappa shape index (κ1) is 19.6. The Bertz CT molecular complexity index is 1020. The quantitative estimate of drug-likeness (QED) is 0.504. The van der Waals surface area contributed by atoms with Gasteiger partial charge in [-0.3, -0.25) is 4.79 Å². The second kappa shape index (κ2) is 8.66. The van der Waals surface area contributed by atoms with Gasteiger partial charge in [-0.15, -0.1) is 5.10 Å². The van der Waals surface area contributed by atoms with Gasteiger partial charge in [0.05, 0.1) is 24.1 Å². The number of rotatable bonds is 6. The van der Waals surface area contributed by atoms with Crippen LogP contribution in [0.2, 0.25) is 0 Å². The third kappa shape index (κ3) is 4.55. The number of nitrogens with zero attached hydrogens (tertiary/aromatic N) is 4. The highest BCUT2D eigenvalue weighted by molar-refractivity contribution is 7.99. The maximum absolute atomic E-state index is 12.3. The number of anilines is 1. The summed E-state index contributed by atoms with van der Waals surface area (Å²) < 4.78 is 6.28. The summed E-state index contributed by atoms with van der Waals surface area (Å²) in [5.74, 6) is -0.576. The van der Waals surface area contributed by atoms with E-state index in [0.717, 1.165) is 11.3 Å². The van der Waals surface area contributed by atoms with Crippen molar-refractivity contribution in [3.63, 3.8) is 0 Å². The van der Waals surface area contributed by atoms with Crippen molar-refractivity contribution in [2.75, 3.05) is 18.2 Å². The molecule has 0 spiro atoms. The molecule has 0 aliphatic heterocycles. The molecule has 0 saturated carbocycles. The van der Waals surface area contributed by atoms with Gasteiger partial charge < -0.3 is 10.1 Å². The first-order chi connectivity index (χ1) is 13.5. The Kier molecular flexibility index (Phi) is 6.05. The lowest BCUT2D eigenvalue weighted by Crippen LogP contribution is -2.15. The molecule has 0 atom stereocenters. The smallest absolute Gasteiger partial charge is 0.337 e. The number of carbonyl (C=O) groups excluding carboxylic acids is 2. The minimum absolute atomic E-state index is 0.119. The Morgan fingerprint density at radius 3 is 2.71 bits per heavy atom. The van der Waals surface area contributed by atoms with E-state index in [-0.39, 0.29) is 11.7 Å². The Morgan fingerprint density at radius 1 is 1.14 bits per heavy atom. The molecule has 1 heterocycles. The number of tetrazole rings is 1. The van der Waals surface area contributed by atoms with Crippen LogP contribution in [0.4, 0.5) is 5.69 Å². The van der Waals surface area contributed by atoms with E-state index in [1.54, 1.807) is 28.9 Å². The first-order valence-corrected chi connectivity index (χ1v) is 9.43. The van der Waals surface area contributed by atoms with E-state index in [0.29, 0.717) is 16.4 Å². The Hall–Kier alpha value is -3.20. The van der Waals surface area contributed by atoms with Crippen LogP contribution in [-0.2, 0) is 9.53 Å². The number of aromatic nitrogens is 4. The van der Waals surface area contributed by atoms with Gasteiger partial charge in [0.2, 0.25) is 11.1 Å². The summed E-state index contributed by atoms with van der Waals surface area (Å²) in [7, 11) is 1.31. The molecule has 144 valence electrons. The predicted molar refractivity (Wildman–Crippen MR) is 106 cm³/mol. The van der Waals surface area contributed by atoms with Crippen LogP contribution < -0.4 is 5.32 Å². The highest BCUT2D eigenvalue weighted by Crippen LogP contribution is 2.20. The highest BCUT2D eigenvalue weighted by Gasteiger charge is 2.13. The summed E-state index contributed by atoms with van der Waals surface area (Å²) in [5.41, 5.74) is 4.03. The van der Waals surface area contributed by atoms with Gasteiger partial charge in [-0.25, -0.2) is 4.79 Å². The number of hydrogen-bond donors (Lipinski definition) is 1. The molecule has 1 N–H and O–H groups in total. The number of ether oxygens (including phenoxy) is 1. The van der Waals surface area contributed by atoms with Gasteiger partial charge in [0.1, 0.15) is 0 Å². The van der Waals surface area contributed by atoms with Gasteiger partial charge in [-0.05, 0) is 65.7 Å². The van der Waals surface area contributed by atoms with Gasteiger partial charge in [0.25, 0.3) is 0 Å². The fraction of sp³-hybridized carbons (Fsp3) is 0.211. The molecule has 0 radical (unpaired) electrons. The lowest BCUT2D eigenvalue weighted by atomic mass is 10.1. The standard InChI is InChI=1S/C19H19N5O3S/c1-12-7-8-16(9-13(12)2)24-19(21-22-23-24)28-11-17(25)20-15-6-4-5-14(10-15)18(26)27-3/h4-10H,11H2,1-3H3,(H,20,25). The number of thioether (sulfide) groups is 1. The maximum Gasteiger partial charge on any atom is 0.337 e. The van der Waals surface area contributed by atoms with E-state index in [1.807, 2.05) is 32.0 Å². The molecule has 2 aromatic carbocycles. The number of carbonyl (C=O) groups is 2. The summed E-state index contributed by atoms with van der Waals surface area (Å²) >= 11 is 1.22. The second-order valence-electron chi connectivity index (χ2n) is 6.05. The SMILES string of the molecule is COC(=O)c1cccc(NC(=O)CSc2nnnn2-c2ccc(C)c(C)c2)c1. The molecule has 3 aromatic rings. The van der Waals surface area contributed by atoms with Crippen molar-refractivity contribution in [3.8, 4) is 5.69 Å². The van der Waals surface area contributed by atoms with Crippen LogP contribution in [0.3, 0.4) is 0 Å². The summed E-state index contributed by atoms with van der Waals surface area (Å²) in [6.07, 6.45) is 0. The average Bonchev–Trinajstić information content (AvgIpc) is 3.16. The van der Waals surface area contributed by atoms with E-state index >= 15 is 0 Å². The second-order valence-corrected chi connectivity index (χ2v) is 6.99. The van der Waals surface area contributed by atoms with E-state index in [2.05, 4.69) is 25.6 Å². The van der Waals surface area contributed by atoms with Crippen LogP contribution in [0.1, 0.15) is 21.5 Å². The zero-order valence-corrected chi connectivity index (χ0v) is 16.5. The van der Waals surface area contributed by atoms with Crippen molar-refractivity contribution >= 4 is 29.3 Å².